The number of benzene rings is 1. The summed E-state index contributed by atoms with van der Waals surface area (Å²) in [6.07, 6.45) is 5.01. The Morgan fingerprint density at radius 2 is 2.09 bits per heavy atom. The minimum absolute atomic E-state index is 0.234. The van der Waals surface area contributed by atoms with Crippen LogP contribution >= 0.6 is 11.3 Å². The van der Waals surface area contributed by atoms with Crippen LogP contribution in [0, 0.1) is 6.92 Å². The van der Waals surface area contributed by atoms with Crippen LogP contribution in [0.1, 0.15) is 43.9 Å². The van der Waals surface area contributed by atoms with Gasteiger partial charge in [0, 0.05) is 23.5 Å². The Morgan fingerprint density at radius 3 is 2.83 bits per heavy atom. The summed E-state index contributed by atoms with van der Waals surface area (Å²) in [7, 11) is 0. The number of carbonyl (C=O) groups is 1. The Balaban J connectivity index is 1.68. The van der Waals surface area contributed by atoms with Gasteiger partial charge in [0.15, 0.2) is 0 Å². The van der Waals surface area contributed by atoms with Gasteiger partial charge in [0.2, 0.25) is 5.91 Å². The molecule has 1 aromatic heterocycles. The number of thiazole rings is 1. The van der Waals surface area contributed by atoms with Gasteiger partial charge in [-0.15, -0.1) is 11.3 Å². The number of aromatic nitrogens is 1. The van der Waals surface area contributed by atoms with Gasteiger partial charge in [0.25, 0.3) is 0 Å². The first-order valence-corrected chi connectivity index (χ1v) is 9.36. The summed E-state index contributed by atoms with van der Waals surface area (Å²) in [6, 6.07) is 8.81. The van der Waals surface area contributed by atoms with Gasteiger partial charge in [-0.05, 0) is 32.6 Å². The quantitative estimate of drug-likeness (QED) is 0.830. The predicted octanol–water partition coefficient (Wildman–Crippen LogP) is 4.45. The van der Waals surface area contributed by atoms with Crippen LogP contribution in [0.15, 0.2) is 29.6 Å². The molecule has 3 nitrogen and oxygen atoms in total. The lowest BCUT2D eigenvalue weighted by molar-refractivity contribution is -0.134. The zero-order valence-electron chi connectivity index (χ0n) is 13.9. The van der Waals surface area contributed by atoms with Crippen LogP contribution in [0.25, 0.3) is 10.6 Å². The predicted molar refractivity (Wildman–Crippen MR) is 95.6 cm³/mol. The lowest BCUT2D eigenvalue weighted by Crippen LogP contribution is -2.44. The van der Waals surface area contributed by atoms with Crippen LogP contribution in [0.5, 0.6) is 0 Å². The van der Waals surface area contributed by atoms with Crippen LogP contribution in [0.4, 0.5) is 0 Å². The molecule has 1 aliphatic heterocycles. The van der Waals surface area contributed by atoms with Crippen molar-refractivity contribution in [1.82, 2.24) is 9.88 Å². The van der Waals surface area contributed by atoms with E-state index in [0.29, 0.717) is 12.5 Å². The summed E-state index contributed by atoms with van der Waals surface area (Å²) >= 11 is 1.62. The third-order valence-electron chi connectivity index (χ3n) is 4.60. The topological polar surface area (TPSA) is 33.2 Å². The minimum Gasteiger partial charge on any atom is -0.339 e. The molecule has 1 aromatic carbocycles. The van der Waals surface area contributed by atoms with E-state index in [1.165, 1.54) is 12.0 Å². The molecule has 4 heteroatoms. The molecule has 0 spiro atoms. The summed E-state index contributed by atoms with van der Waals surface area (Å²) in [5, 5.41) is 3.02. The second-order valence-corrected chi connectivity index (χ2v) is 7.19. The largest absolute Gasteiger partial charge is 0.339 e. The number of nitrogens with zero attached hydrogens (tertiary/aromatic N) is 2. The average Bonchev–Trinajstić information content (AvgIpc) is 3.04. The van der Waals surface area contributed by atoms with Crippen molar-refractivity contribution >= 4 is 17.2 Å². The molecular formula is C19H24N2OS. The van der Waals surface area contributed by atoms with Gasteiger partial charge < -0.3 is 4.90 Å². The van der Waals surface area contributed by atoms with E-state index in [1.54, 1.807) is 11.3 Å². The molecule has 0 aliphatic carbocycles. The number of hydrogen-bond acceptors (Lipinski definition) is 3. The molecule has 122 valence electrons. The zero-order valence-corrected chi connectivity index (χ0v) is 14.7. The summed E-state index contributed by atoms with van der Waals surface area (Å²) < 4.78 is 0. The maximum absolute atomic E-state index is 12.6. The third-order valence-corrected chi connectivity index (χ3v) is 5.54. The van der Waals surface area contributed by atoms with Gasteiger partial charge in [0.05, 0.1) is 12.1 Å². The van der Waals surface area contributed by atoms with E-state index in [0.717, 1.165) is 42.1 Å². The Kier molecular flexibility index (Phi) is 5.11. The van der Waals surface area contributed by atoms with Gasteiger partial charge in [0.1, 0.15) is 5.01 Å². The molecule has 1 fully saturated rings. The SMILES string of the molecule is CCC1CCCCN1C(=O)Cc1csc(-c2ccc(C)cc2)n1. The van der Waals surface area contributed by atoms with Gasteiger partial charge in [-0.1, -0.05) is 36.8 Å². The van der Waals surface area contributed by atoms with Crippen molar-refractivity contribution in [2.24, 2.45) is 0 Å². The lowest BCUT2D eigenvalue weighted by atomic mass is 9.99. The summed E-state index contributed by atoms with van der Waals surface area (Å²) in [5.41, 5.74) is 3.27. The van der Waals surface area contributed by atoms with Gasteiger partial charge in [-0.3, -0.25) is 4.79 Å². The molecule has 1 saturated heterocycles. The maximum Gasteiger partial charge on any atom is 0.228 e. The molecule has 3 rings (SSSR count). The molecule has 0 N–H and O–H groups in total. The van der Waals surface area contributed by atoms with Crippen molar-refractivity contribution in [3.05, 3.63) is 40.9 Å². The second-order valence-electron chi connectivity index (χ2n) is 6.33. The molecule has 1 unspecified atom stereocenters. The fourth-order valence-corrected chi connectivity index (χ4v) is 4.05. The number of aryl methyl sites for hydroxylation is 1. The molecular weight excluding hydrogens is 304 g/mol. The van der Waals surface area contributed by atoms with Crippen molar-refractivity contribution in [1.29, 1.82) is 0 Å². The van der Waals surface area contributed by atoms with Crippen molar-refractivity contribution in [3.63, 3.8) is 0 Å². The van der Waals surface area contributed by atoms with Gasteiger partial charge in [-0.2, -0.15) is 0 Å². The Hall–Kier alpha value is -1.68. The Bertz CT molecular complexity index is 662. The zero-order chi connectivity index (χ0) is 16.2. The summed E-state index contributed by atoms with van der Waals surface area (Å²) in [5.74, 6) is 0.234. The first-order chi connectivity index (χ1) is 11.2. The lowest BCUT2D eigenvalue weighted by Gasteiger charge is -2.35. The van der Waals surface area contributed by atoms with Crippen LogP contribution < -0.4 is 0 Å². The standard InChI is InChI=1S/C19H24N2OS/c1-3-17-6-4-5-11-21(17)18(22)12-16-13-23-19(20-16)15-9-7-14(2)8-10-15/h7-10,13,17H,3-6,11-12H2,1-2H3. The van der Waals surface area contributed by atoms with E-state index in [9.17, 15) is 4.79 Å². The Morgan fingerprint density at radius 1 is 1.30 bits per heavy atom. The summed E-state index contributed by atoms with van der Waals surface area (Å²) in [6.45, 7) is 5.17. The van der Waals surface area contributed by atoms with Crippen molar-refractivity contribution in [2.45, 2.75) is 52.0 Å². The van der Waals surface area contributed by atoms with E-state index in [1.807, 2.05) is 5.38 Å². The highest BCUT2D eigenvalue weighted by molar-refractivity contribution is 7.13. The smallest absolute Gasteiger partial charge is 0.228 e. The van der Waals surface area contributed by atoms with Gasteiger partial charge in [-0.25, -0.2) is 4.98 Å². The van der Waals surface area contributed by atoms with E-state index >= 15 is 0 Å². The molecule has 1 aliphatic rings. The fraction of sp³-hybridized carbons (Fsp3) is 0.474. The number of carbonyl (C=O) groups excluding carboxylic acids is 1. The number of hydrogen-bond donors (Lipinski definition) is 0. The first kappa shape index (κ1) is 16.2. The molecule has 2 aromatic rings. The van der Waals surface area contributed by atoms with Crippen molar-refractivity contribution in [3.8, 4) is 10.6 Å². The van der Waals surface area contributed by atoms with E-state index in [4.69, 9.17) is 0 Å². The molecule has 0 bridgehead atoms. The first-order valence-electron chi connectivity index (χ1n) is 8.48. The second kappa shape index (κ2) is 7.26. The van der Waals surface area contributed by atoms with E-state index in [2.05, 4.69) is 48.0 Å². The maximum atomic E-state index is 12.6. The number of rotatable bonds is 4. The monoisotopic (exact) mass is 328 g/mol. The highest BCUT2D eigenvalue weighted by Crippen LogP contribution is 2.25. The van der Waals surface area contributed by atoms with Gasteiger partial charge >= 0.3 is 0 Å². The normalized spacial score (nSPS) is 18.2. The Labute approximate surface area is 142 Å². The van der Waals surface area contributed by atoms with Crippen molar-refractivity contribution < 1.29 is 4.79 Å². The van der Waals surface area contributed by atoms with E-state index < -0.39 is 0 Å². The average molecular weight is 328 g/mol. The molecule has 0 saturated carbocycles. The van der Waals surface area contributed by atoms with E-state index in [-0.39, 0.29) is 5.91 Å². The number of amides is 1. The highest BCUT2D eigenvalue weighted by Gasteiger charge is 2.25. The molecule has 23 heavy (non-hydrogen) atoms. The highest BCUT2D eigenvalue weighted by atomic mass is 32.1. The summed E-state index contributed by atoms with van der Waals surface area (Å²) in [4.78, 5) is 19.4. The molecule has 2 heterocycles. The van der Waals surface area contributed by atoms with Crippen LogP contribution in [0.2, 0.25) is 0 Å². The fourth-order valence-electron chi connectivity index (χ4n) is 3.23. The molecule has 1 atom stereocenters. The minimum atomic E-state index is 0.234. The van der Waals surface area contributed by atoms with Crippen LogP contribution in [-0.4, -0.2) is 28.4 Å². The van der Waals surface area contributed by atoms with Crippen LogP contribution in [0.3, 0.4) is 0 Å². The molecule has 1 amide bonds. The molecule has 0 radical (unpaired) electrons. The third kappa shape index (κ3) is 3.81. The van der Waals surface area contributed by atoms with Crippen LogP contribution in [-0.2, 0) is 11.2 Å². The van der Waals surface area contributed by atoms with Crippen molar-refractivity contribution in [2.75, 3.05) is 6.54 Å². The number of likely N-dealkylation sites (tertiary alicyclic amines) is 1. The number of piperidine rings is 1.